The number of ether oxygens (including phenoxy) is 2. The fraction of sp³-hybridized carbons (Fsp3) is 0.304. The average Bonchev–Trinajstić information content (AvgIpc) is 3.22. The number of likely N-dealkylation sites (tertiary alicyclic amines) is 1. The van der Waals surface area contributed by atoms with Crippen LogP contribution in [0.15, 0.2) is 53.1 Å². The van der Waals surface area contributed by atoms with Gasteiger partial charge in [0, 0.05) is 37.2 Å². The van der Waals surface area contributed by atoms with Gasteiger partial charge in [-0.25, -0.2) is 0 Å². The quantitative estimate of drug-likeness (QED) is 0.574. The van der Waals surface area contributed by atoms with E-state index < -0.39 is 12.2 Å². The van der Waals surface area contributed by atoms with E-state index in [0.717, 1.165) is 0 Å². The Labute approximate surface area is 195 Å². The smallest absolute Gasteiger partial charge is 0.276 e. The highest BCUT2D eigenvalue weighted by atomic mass is 35.5. The average molecular weight is 477 g/mol. The predicted octanol–water partition coefficient (Wildman–Crippen LogP) is 4.70. The van der Waals surface area contributed by atoms with Crippen molar-refractivity contribution in [1.82, 2.24) is 10.1 Å². The maximum absolute atomic E-state index is 13.0. The molecule has 1 aliphatic heterocycles. The number of hydrogen-bond donors (Lipinski definition) is 1. The molecular weight excluding hydrogens is 455 g/mol. The highest BCUT2D eigenvalue weighted by Crippen LogP contribution is 2.29. The number of nitrogens with zero attached hydrogens (tertiary/aromatic N) is 2. The highest BCUT2D eigenvalue weighted by Gasteiger charge is 2.30. The van der Waals surface area contributed by atoms with Crippen LogP contribution in [0.25, 0.3) is 11.3 Å². The molecule has 1 amide bonds. The van der Waals surface area contributed by atoms with Gasteiger partial charge in [-0.05, 0) is 36.8 Å². The van der Waals surface area contributed by atoms with Crippen LogP contribution < -0.4 is 9.47 Å². The number of aliphatic hydroxyl groups is 1. The van der Waals surface area contributed by atoms with Crippen molar-refractivity contribution in [3.8, 4) is 22.8 Å². The molecule has 2 aromatic carbocycles. The minimum atomic E-state index is -0.705. The SMILES string of the molecule is COc1cccc(O[C@H]2CCN(C(=O)c3cc(-c4ccc(Cl)c(Cl)c4)on3)CC[C@@H]2O)c1. The number of carbonyl (C=O) groups excluding carboxylic acids is 1. The van der Waals surface area contributed by atoms with Gasteiger partial charge in [0.15, 0.2) is 11.5 Å². The molecule has 0 radical (unpaired) electrons. The van der Waals surface area contributed by atoms with Gasteiger partial charge in [-0.2, -0.15) is 0 Å². The molecule has 1 aliphatic rings. The third kappa shape index (κ3) is 5.01. The number of methoxy groups -OCH3 is 1. The van der Waals surface area contributed by atoms with E-state index in [0.29, 0.717) is 58.8 Å². The Hall–Kier alpha value is -2.74. The number of benzene rings is 2. The van der Waals surface area contributed by atoms with Crippen LogP contribution in [-0.4, -0.2) is 53.5 Å². The summed E-state index contributed by atoms with van der Waals surface area (Å²) < 4.78 is 16.5. The summed E-state index contributed by atoms with van der Waals surface area (Å²) in [4.78, 5) is 14.6. The van der Waals surface area contributed by atoms with Crippen molar-refractivity contribution < 1.29 is 23.9 Å². The Morgan fingerprint density at radius 2 is 1.88 bits per heavy atom. The van der Waals surface area contributed by atoms with Crippen molar-refractivity contribution >= 4 is 29.1 Å². The zero-order chi connectivity index (χ0) is 22.7. The summed E-state index contributed by atoms with van der Waals surface area (Å²) in [5.74, 6) is 1.43. The summed E-state index contributed by atoms with van der Waals surface area (Å²) in [6.07, 6.45) is -0.286. The number of aliphatic hydroxyl groups excluding tert-OH is 1. The Balaban J connectivity index is 1.43. The molecule has 168 valence electrons. The van der Waals surface area contributed by atoms with Gasteiger partial charge in [-0.3, -0.25) is 4.79 Å². The number of aromatic nitrogens is 1. The lowest BCUT2D eigenvalue weighted by atomic mass is 10.1. The van der Waals surface area contributed by atoms with Gasteiger partial charge >= 0.3 is 0 Å². The van der Waals surface area contributed by atoms with Crippen molar-refractivity contribution in [1.29, 1.82) is 0 Å². The predicted molar refractivity (Wildman–Crippen MR) is 121 cm³/mol. The fourth-order valence-electron chi connectivity index (χ4n) is 3.57. The van der Waals surface area contributed by atoms with Gasteiger partial charge in [0.1, 0.15) is 17.6 Å². The Bertz CT molecular complexity index is 1100. The topological polar surface area (TPSA) is 85.0 Å². The molecule has 4 rings (SSSR count). The lowest BCUT2D eigenvalue weighted by Gasteiger charge is -2.22. The zero-order valence-corrected chi connectivity index (χ0v) is 18.8. The van der Waals surface area contributed by atoms with Crippen molar-refractivity contribution in [3.05, 3.63) is 64.3 Å². The standard InChI is InChI=1S/C23H22Cl2N2O5/c1-30-15-3-2-4-16(12-15)31-21-8-10-27(9-7-20(21)28)23(29)19-13-22(32-26-19)14-5-6-17(24)18(25)11-14/h2-6,11-13,20-21,28H,7-10H2,1H3/t20-,21-/m0/s1. The second-order valence-corrected chi connectivity index (χ2v) is 8.29. The van der Waals surface area contributed by atoms with Gasteiger partial charge in [0.2, 0.25) is 0 Å². The maximum Gasteiger partial charge on any atom is 0.276 e. The lowest BCUT2D eigenvalue weighted by Crippen LogP contribution is -2.32. The van der Waals surface area contributed by atoms with Crippen LogP contribution in [0.5, 0.6) is 11.5 Å². The van der Waals surface area contributed by atoms with Crippen LogP contribution in [0.1, 0.15) is 23.3 Å². The third-order valence-corrected chi connectivity index (χ3v) is 6.10. The first-order chi connectivity index (χ1) is 15.4. The van der Waals surface area contributed by atoms with Gasteiger partial charge in [-0.1, -0.05) is 34.4 Å². The van der Waals surface area contributed by atoms with Gasteiger partial charge < -0.3 is 24.0 Å². The number of halogens is 2. The molecule has 0 saturated carbocycles. The number of amides is 1. The molecule has 1 N–H and O–H groups in total. The summed E-state index contributed by atoms with van der Waals surface area (Å²) >= 11 is 12.0. The molecule has 1 saturated heterocycles. The summed E-state index contributed by atoms with van der Waals surface area (Å²) in [5, 5.41) is 15.3. The monoisotopic (exact) mass is 476 g/mol. The Morgan fingerprint density at radius 1 is 1.09 bits per heavy atom. The van der Waals surface area contributed by atoms with Crippen LogP contribution in [0.4, 0.5) is 0 Å². The normalized spacial score (nSPS) is 18.8. The van der Waals surface area contributed by atoms with Crippen LogP contribution in [0.2, 0.25) is 10.0 Å². The molecule has 1 fully saturated rings. The van der Waals surface area contributed by atoms with Crippen LogP contribution in [-0.2, 0) is 0 Å². The molecule has 7 nitrogen and oxygen atoms in total. The molecule has 0 bridgehead atoms. The van der Waals surface area contributed by atoms with E-state index in [4.69, 9.17) is 37.2 Å². The summed E-state index contributed by atoms with van der Waals surface area (Å²) in [6.45, 7) is 0.798. The molecular formula is C23H22Cl2N2O5. The second-order valence-electron chi connectivity index (χ2n) is 7.48. The zero-order valence-electron chi connectivity index (χ0n) is 17.3. The number of carbonyl (C=O) groups is 1. The van der Waals surface area contributed by atoms with Crippen molar-refractivity contribution in [2.45, 2.75) is 25.0 Å². The highest BCUT2D eigenvalue weighted by molar-refractivity contribution is 6.42. The second kappa shape index (κ2) is 9.81. The largest absolute Gasteiger partial charge is 0.497 e. The molecule has 3 aromatic rings. The Morgan fingerprint density at radius 3 is 2.66 bits per heavy atom. The maximum atomic E-state index is 13.0. The molecule has 0 spiro atoms. The minimum Gasteiger partial charge on any atom is -0.497 e. The van der Waals surface area contributed by atoms with E-state index in [9.17, 15) is 9.90 Å². The van der Waals surface area contributed by atoms with Gasteiger partial charge in [0.25, 0.3) is 5.91 Å². The van der Waals surface area contributed by atoms with Gasteiger partial charge in [-0.15, -0.1) is 0 Å². The summed E-state index contributed by atoms with van der Waals surface area (Å²) in [5.41, 5.74) is 0.858. The fourth-order valence-corrected chi connectivity index (χ4v) is 3.87. The summed E-state index contributed by atoms with van der Waals surface area (Å²) in [6, 6.07) is 13.8. The molecule has 32 heavy (non-hydrogen) atoms. The van der Waals surface area contributed by atoms with Crippen LogP contribution >= 0.6 is 23.2 Å². The number of rotatable bonds is 5. The first-order valence-corrected chi connectivity index (χ1v) is 10.9. The van der Waals surface area contributed by atoms with Crippen LogP contribution in [0, 0.1) is 0 Å². The Kier molecular flexibility index (Phi) is 6.89. The van der Waals surface area contributed by atoms with E-state index in [1.165, 1.54) is 0 Å². The van der Waals surface area contributed by atoms with E-state index in [1.807, 2.05) is 18.2 Å². The first kappa shape index (κ1) is 22.5. The summed E-state index contributed by atoms with van der Waals surface area (Å²) in [7, 11) is 1.58. The van der Waals surface area contributed by atoms with E-state index in [2.05, 4.69) is 5.16 Å². The first-order valence-electron chi connectivity index (χ1n) is 10.1. The van der Waals surface area contributed by atoms with E-state index >= 15 is 0 Å². The lowest BCUT2D eigenvalue weighted by molar-refractivity contribution is 0.0349. The van der Waals surface area contributed by atoms with E-state index in [-0.39, 0.29) is 11.6 Å². The van der Waals surface area contributed by atoms with Crippen molar-refractivity contribution in [2.75, 3.05) is 20.2 Å². The van der Waals surface area contributed by atoms with Gasteiger partial charge in [0.05, 0.1) is 23.3 Å². The molecule has 0 aliphatic carbocycles. The molecule has 2 heterocycles. The van der Waals surface area contributed by atoms with Crippen molar-refractivity contribution in [2.24, 2.45) is 0 Å². The number of hydrogen-bond acceptors (Lipinski definition) is 6. The van der Waals surface area contributed by atoms with E-state index in [1.54, 1.807) is 42.3 Å². The van der Waals surface area contributed by atoms with Crippen LogP contribution in [0.3, 0.4) is 0 Å². The third-order valence-electron chi connectivity index (χ3n) is 5.36. The van der Waals surface area contributed by atoms with Crippen molar-refractivity contribution in [3.63, 3.8) is 0 Å². The molecule has 2 atom stereocenters. The molecule has 1 aromatic heterocycles. The minimum absolute atomic E-state index is 0.188. The molecule has 9 heteroatoms. The molecule has 0 unspecified atom stereocenters.